The Bertz CT molecular complexity index is 580. The van der Waals surface area contributed by atoms with Crippen LogP contribution >= 0.6 is 15.9 Å². The average Bonchev–Trinajstić information content (AvgIpc) is 2.95. The van der Waals surface area contributed by atoms with Gasteiger partial charge in [-0.25, -0.2) is 0 Å². The lowest BCUT2D eigenvalue weighted by atomic mass is 10.1. The van der Waals surface area contributed by atoms with Crippen molar-refractivity contribution in [1.29, 1.82) is 0 Å². The first kappa shape index (κ1) is 14.7. The molecule has 1 heterocycles. The fraction of sp³-hybridized carbons (Fsp3) is 0.286. The Labute approximate surface area is 125 Å². The van der Waals surface area contributed by atoms with E-state index in [1.165, 1.54) is 0 Å². The van der Waals surface area contributed by atoms with Crippen molar-refractivity contribution in [3.8, 4) is 11.3 Å². The summed E-state index contributed by atoms with van der Waals surface area (Å²) in [6.07, 6.45) is 0. The maximum Gasteiger partial charge on any atom is 0.269 e. The van der Waals surface area contributed by atoms with Crippen LogP contribution in [0.3, 0.4) is 0 Å². The van der Waals surface area contributed by atoms with Crippen LogP contribution in [0, 0.1) is 5.92 Å². The third-order valence-electron chi connectivity index (χ3n) is 2.89. The van der Waals surface area contributed by atoms with Gasteiger partial charge < -0.3 is 10.4 Å². The molecule has 6 heteroatoms. The molecule has 1 atom stereocenters. The number of nitrogens with zero attached hydrogens (tertiary/aromatic N) is 1. The molecule has 1 unspecified atom stereocenters. The van der Waals surface area contributed by atoms with E-state index < -0.39 is 0 Å². The van der Waals surface area contributed by atoms with E-state index in [0.717, 1.165) is 15.7 Å². The van der Waals surface area contributed by atoms with Crippen molar-refractivity contribution in [2.45, 2.75) is 6.92 Å². The number of carbonyl (C=O) groups excluding carboxylic acids is 1. The van der Waals surface area contributed by atoms with Crippen molar-refractivity contribution in [2.75, 3.05) is 13.2 Å². The van der Waals surface area contributed by atoms with Gasteiger partial charge in [-0.3, -0.25) is 9.89 Å². The van der Waals surface area contributed by atoms with Gasteiger partial charge in [0.15, 0.2) is 0 Å². The topological polar surface area (TPSA) is 78.0 Å². The van der Waals surface area contributed by atoms with E-state index >= 15 is 0 Å². The number of amides is 1. The molecule has 0 bridgehead atoms. The number of carbonyl (C=O) groups is 1. The average molecular weight is 338 g/mol. The Morgan fingerprint density at radius 3 is 2.80 bits per heavy atom. The first-order chi connectivity index (χ1) is 9.60. The van der Waals surface area contributed by atoms with Gasteiger partial charge in [0, 0.05) is 23.2 Å². The molecule has 0 aliphatic heterocycles. The lowest BCUT2D eigenvalue weighted by molar-refractivity contribution is 0.0937. The van der Waals surface area contributed by atoms with Gasteiger partial charge in [-0.1, -0.05) is 35.0 Å². The third kappa shape index (κ3) is 3.68. The number of aromatic amines is 1. The summed E-state index contributed by atoms with van der Waals surface area (Å²) >= 11 is 3.37. The molecule has 106 valence electrons. The number of hydrogen-bond donors (Lipinski definition) is 3. The fourth-order valence-electron chi connectivity index (χ4n) is 1.63. The van der Waals surface area contributed by atoms with Crippen LogP contribution in [0.15, 0.2) is 34.8 Å². The molecule has 1 amide bonds. The van der Waals surface area contributed by atoms with Crippen LogP contribution in [0.2, 0.25) is 0 Å². The monoisotopic (exact) mass is 337 g/mol. The zero-order chi connectivity index (χ0) is 14.5. The molecular formula is C14H16BrN3O2. The van der Waals surface area contributed by atoms with Gasteiger partial charge >= 0.3 is 0 Å². The second kappa shape index (κ2) is 6.67. The standard InChI is InChI=1S/C14H16BrN3O2/c1-9(8-19)7-16-14(20)13-6-12(17-18-13)10-2-4-11(15)5-3-10/h2-6,9,19H,7-8H2,1H3,(H,16,20)(H,17,18). The van der Waals surface area contributed by atoms with E-state index in [9.17, 15) is 4.79 Å². The summed E-state index contributed by atoms with van der Waals surface area (Å²) in [6, 6.07) is 9.41. The molecule has 3 N–H and O–H groups in total. The van der Waals surface area contributed by atoms with Crippen LogP contribution in [0.25, 0.3) is 11.3 Å². The van der Waals surface area contributed by atoms with Gasteiger partial charge in [0.2, 0.25) is 0 Å². The lowest BCUT2D eigenvalue weighted by Crippen LogP contribution is -2.29. The molecule has 0 saturated heterocycles. The molecular weight excluding hydrogens is 322 g/mol. The molecule has 0 aliphatic rings. The SMILES string of the molecule is CC(CO)CNC(=O)c1cc(-c2ccc(Br)cc2)n[nH]1. The highest BCUT2D eigenvalue weighted by atomic mass is 79.9. The van der Waals surface area contributed by atoms with Gasteiger partial charge in [-0.05, 0) is 24.1 Å². The van der Waals surface area contributed by atoms with E-state index in [1.54, 1.807) is 6.07 Å². The summed E-state index contributed by atoms with van der Waals surface area (Å²) in [4.78, 5) is 11.9. The normalized spacial score (nSPS) is 12.2. The molecule has 0 spiro atoms. The molecule has 1 aromatic heterocycles. The number of aliphatic hydroxyl groups excluding tert-OH is 1. The number of rotatable bonds is 5. The van der Waals surface area contributed by atoms with E-state index in [1.807, 2.05) is 31.2 Å². The summed E-state index contributed by atoms with van der Waals surface area (Å²) in [7, 11) is 0. The fourth-order valence-corrected chi connectivity index (χ4v) is 1.90. The van der Waals surface area contributed by atoms with E-state index in [0.29, 0.717) is 12.2 Å². The van der Waals surface area contributed by atoms with Crippen LogP contribution < -0.4 is 5.32 Å². The summed E-state index contributed by atoms with van der Waals surface area (Å²) in [5.74, 6) is -0.186. The van der Waals surface area contributed by atoms with Gasteiger partial charge in [0.1, 0.15) is 5.69 Å². The number of benzene rings is 1. The molecule has 1 aromatic carbocycles. The molecule has 20 heavy (non-hydrogen) atoms. The van der Waals surface area contributed by atoms with Crippen molar-refractivity contribution in [2.24, 2.45) is 5.92 Å². The van der Waals surface area contributed by atoms with Gasteiger partial charge in [0.25, 0.3) is 5.91 Å². The van der Waals surface area contributed by atoms with Crippen LogP contribution in [-0.2, 0) is 0 Å². The van der Waals surface area contributed by atoms with Crippen LogP contribution in [0.1, 0.15) is 17.4 Å². The van der Waals surface area contributed by atoms with Crippen LogP contribution in [0.4, 0.5) is 0 Å². The number of nitrogens with one attached hydrogen (secondary N) is 2. The summed E-state index contributed by atoms with van der Waals surface area (Å²) in [5.41, 5.74) is 2.07. The smallest absolute Gasteiger partial charge is 0.269 e. The first-order valence-electron chi connectivity index (χ1n) is 6.30. The highest BCUT2D eigenvalue weighted by molar-refractivity contribution is 9.10. The van der Waals surface area contributed by atoms with Crippen LogP contribution in [-0.4, -0.2) is 34.4 Å². The number of H-pyrrole nitrogens is 1. The highest BCUT2D eigenvalue weighted by Gasteiger charge is 2.11. The maximum atomic E-state index is 11.9. The minimum atomic E-state index is -0.221. The molecule has 0 radical (unpaired) electrons. The van der Waals surface area contributed by atoms with Crippen molar-refractivity contribution in [3.63, 3.8) is 0 Å². The largest absolute Gasteiger partial charge is 0.396 e. The Kier molecular flexibility index (Phi) is 4.92. The molecule has 0 aliphatic carbocycles. The van der Waals surface area contributed by atoms with Crippen molar-refractivity contribution in [3.05, 3.63) is 40.5 Å². The minimum Gasteiger partial charge on any atom is -0.396 e. The molecule has 2 rings (SSSR count). The van der Waals surface area contributed by atoms with E-state index in [2.05, 4.69) is 31.4 Å². The van der Waals surface area contributed by atoms with E-state index in [4.69, 9.17) is 5.11 Å². The second-order valence-corrected chi connectivity index (χ2v) is 5.59. The second-order valence-electron chi connectivity index (χ2n) is 4.67. The summed E-state index contributed by atoms with van der Waals surface area (Å²) in [5, 5.41) is 18.5. The summed E-state index contributed by atoms with van der Waals surface area (Å²) in [6.45, 7) is 2.34. The molecule has 2 aromatic rings. The molecule has 5 nitrogen and oxygen atoms in total. The first-order valence-corrected chi connectivity index (χ1v) is 7.10. The highest BCUT2D eigenvalue weighted by Crippen LogP contribution is 2.20. The molecule has 0 fully saturated rings. The zero-order valence-electron chi connectivity index (χ0n) is 11.1. The number of hydrogen-bond acceptors (Lipinski definition) is 3. The zero-order valence-corrected chi connectivity index (χ0v) is 12.6. The Morgan fingerprint density at radius 2 is 2.15 bits per heavy atom. The summed E-state index contributed by atoms with van der Waals surface area (Å²) < 4.78 is 0.993. The Balaban J connectivity index is 2.05. The van der Waals surface area contributed by atoms with Gasteiger partial charge in [0.05, 0.1) is 5.69 Å². The quantitative estimate of drug-likeness (QED) is 0.782. The van der Waals surface area contributed by atoms with Crippen molar-refractivity contribution >= 4 is 21.8 Å². The number of aliphatic hydroxyl groups is 1. The Hall–Kier alpha value is -1.66. The lowest BCUT2D eigenvalue weighted by Gasteiger charge is -2.08. The number of aromatic nitrogens is 2. The predicted octanol–water partition coefficient (Wildman–Crippen LogP) is 2.20. The van der Waals surface area contributed by atoms with Crippen molar-refractivity contribution < 1.29 is 9.90 Å². The van der Waals surface area contributed by atoms with Gasteiger partial charge in [-0.2, -0.15) is 5.10 Å². The maximum absolute atomic E-state index is 11.9. The molecule has 0 saturated carbocycles. The van der Waals surface area contributed by atoms with E-state index in [-0.39, 0.29) is 18.4 Å². The third-order valence-corrected chi connectivity index (χ3v) is 3.41. The Morgan fingerprint density at radius 1 is 1.45 bits per heavy atom. The predicted molar refractivity (Wildman–Crippen MR) is 80.3 cm³/mol. The number of halogens is 1. The van der Waals surface area contributed by atoms with Gasteiger partial charge in [-0.15, -0.1) is 0 Å². The minimum absolute atomic E-state index is 0.0350. The van der Waals surface area contributed by atoms with Crippen LogP contribution in [0.5, 0.6) is 0 Å². The van der Waals surface area contributed by atoms with Crippen molar-refractivity contribution in [1.82, 2.24) is 15.5 Å².